The van der Waals surface area contributed by atoms with E-state index in [1.165, 1.54) is 44.9 Å². The molecule has 0 aliphatic rings. The fraction of sp³-hybridized carbons (Fsp3) is 0.824. The summed E-state index contributed by atoms with van der Waals surface area (Å²) in [6.07, 6.45) is 14.2. The van der Waals surface area contributed by atoms with Gasteiger partial charge in [0.2, 0.25) is 0 Å². The van der Waals surface area contributed by atoms with Crippen LogP contribution in [0.2, 0.25) is 0 Å². The molecule has 0 unspecified atom stereocenters. The maximum atomic E-state index is 11.6. The third-order valence-corrected chi connectivity index (χ3v) is 3.29. The van der Waals surface area contributed by atoms with E-state index in [0.717, 1.165) is 24.8 Å². The molecule has 0 aromatic heterocycles. The molecule has 0 aromatic rings. The minimum atomic E-state index is -0.142. The lowest BCUT2D eigenvalue weighted by atomic mass is 10.1. The van der Waals surface area contributed by atoms with E-state index in [2.05, 4.69) is 13.8 Å². The van der Waals surface area contributed by atoms with E-state index < -0.39 is 0 Å². The molecule has 0 atom stereocenters. The highest BCUT2D eigenvalue weighted by atomic mass is 16.5. The number of carbonyl (C=O) groups is 1. The van der Waals surface area contributed by atoms with Crippen molar-refractivity contribution in [2.75, 3.05) is 6.61 Å². The van der Waals surface area contributed by atoms with Gasteiger partial charge in [-0.3, -0.25) is 0 Å². The number of carbonyl (C=O) groups excluding carboxylic acids is 1. The van der Waals surface area contributed by atoms with Gasteiger partial charge in [-0.05, 0) is 19.8 Å². The van der Waals surface area contributed by atoms with Crippen LogP contribution in [0.15, 0.2) is 11.6 Å². The normalized spacial score (nSPS) is 11.6. The third-order valence-electron chi connectivity index (χ3n) is 3.29. The van der Waals surface area contributed by atoms with Gasteiger partial charge in [-0.15, -0.1) is 0 Å². The highest BCUT2D eigenvalue weighted by Gasteiger charge is 2.04. The summed E-state index contributed by atoms with van der Waals surface area (Å²) in [5.74, 6) is -0.142. The first-order valence-electron chi connectivity index (χ1n) is 8.06. The Labute approximate surface area is 119 Å². The summed E-state index contributed by atoms with van der Waals surface area (Å²) in [5.41, 5.74) is 0.751. The molecule has 0 N–H and O–H groups in total. The zero-order valence-corrected chi connectivity index (χ0v) is 13.2. The van der Waals surface area contributed by atoms with Crippen molar-refractivity contribution >= 4 is 5.97 Å². The lowest BCUT2D eigenvalue weighted by molar-refractivity contribution is -0.139. The fourth-order valence-electron chi connectivity index (χ4n) is 1.96. The highest BCUT2D eigenvalue weighted by molar-refractivity contribution is 5.87. The van der Waals surface area contributed by atoms with Crippen LogP contribution in [0.1, 0.15) is 85.0 Å². The first-order chi connectivity index (χ1) is 9.22. The largest absolute Gasteiger partial charge is 0.462 e. The van der Waals surface area contributed by atoms with Gasteiger partial charge in [0.05, 0.1) is 6.61 Å². The van der Waals surface area contributed by atoms with Gasteiger partial charge in [-0.2, -0.15) is 0 Å². The van der Waals surface area contributed by atoms with Crippen LogP contribution in [0.25, 0.3) is 0 Å². The fourth-order valence-corrected chi connectivity index (χ4v) is 1.96. The van der Waals surface area contributed by atoms with Crippen molar-refractivity contribution in [1.29, 1.82) is 0 Å². The SMILES string of the molecule is CCCC=C(C)C(=O)OCCCCCCCCCC. The Kier molecular flexibility index (Phi) is 13.1. The summed E-state index contributed by atoms with van der Waals surface area (Å²) >= 11 is 0. The van der Waals surface area contributed by atoms with Crippen molar-refractivity contribution < 1.29 is 9.53 Å². The maximum absolute atomic E-state index is 11.6. The van der Waals surface area contributed by atoms with Crippen LogP contribution in [0.3, 0.4) is 0 Å². The first-order valence-corrected chi connectivity index (χ1v) is 8.06. The van der Waals surface area contributed by atoms with Crippen LogP contribution in [0, 0.1) is 0 Å². The van der Waals surface area contributed by atoms with Crippen molar-refractivity contribution in [3.05, 3.63) is 11.6 Å². The molecule has 112 valence electrons. The Balaban J connectivity index is 3.36. The standard InChI is InChI=1S/C17H32O2/c1-4-6-8-9-10-11-12-13-15-19-17(18)16(3)14-7-5-2/h14H,4-13,15H2,1-3H3. The number of allylic oxidation sites excluding steroid dienone is 1. The van der Waals surface area contributed by atoms with Crippen LogP contribution in [0.5, 0.6) is 0 Å². The maximum Gasteiger partial charge on any atom is 0.333 e. The highest BCUT2D eigenvalue weighted by Crippen LogP contribution is 2.09. The first kappa shape index (κ1) is 18.2. The molecule has 0 aliphatic heterocycles. The summed E-state index contributed by atoms with van der Waals surface area (Å²) in [4.78, 5) is 11.6. The second kappa shape index (κ2) is 13.6. The molecule has 0 fully saturated rings. The van der Waals surface area contributed by atoms with Gasteiger partial charge in [-0.25, -0.2) is 4.79 Å². The molecule has 19 heavy (non-hydrogen) atoms. The number of hydrogen-bond donors (Lipinski definition) is 0. The molecule has 2 heteroatoms. The molecular weight excluding hydrogens is 236 g/mol. The quantitative estimate of drug-likeness (QED) is 0.268. The Morgan fingerprint density at radius 2 is 1.47 bits per heavy atom. The van der Waals surface area contributed by atoms with Gasteiger partial charge in [0.15, 0.2) is 0 Å². The molecule has 0 aromatic carbocycles. The van der Waals surface area contributed by atoms with E-state index in [1.54, 1.807) is 0 Å². The minimum Gasteiger partial charge on any atom is -0.462 e. The lowest BCUT2D eigenvalue weighted by Crippen LogP contribution is -2.07. The van der Waals surface area contributed by atoms with Gasteiger partial charge in [0, 0.05) is 5.57 Å². The van der Waals surface area contributed by atoms with Gasteiger partial charge in [-0.1, -0.05) is 71.3 Å². The predicted molar refractivity (Wildman–Crippen MR) is 82.2 cm³/mol. The summed E-state index contributed by atoms with van der Waals surface area (Å²) in [7, 11) is 0. The second-order valence-electron chi connectivity index (χ2n) is 5.29. The topological polar surface area (TPSA) is 26.3 Å². The van der Waals surface area contributed by atoms with Crippen LogP contribution in [0.4, 0.5) is 0 Å². The van der Waals surface area contributed by atoms with E-state index in [4.69, 9.17) is 4.74 Å². The zero-order valence-electron chi connectivity index (χ0n) is 13.2. The van der Waals surface area contributed by atoms with Crippen molar-refractivity contribution in [2.45, 2.75) is 85.0 Å². The van der Waals surface area contributed by atoms with Crippen molar-refractivity contribution in [1.82, 2.24) is 0 Å². The summed E-state index contributed by atoms with van der Waals surface area (Å²) in [5, 5.41) is 0. The molecular formula is C17H32O2. The molecule has 0 saturated heterocycles. The molecule has 0 heterocycles. The predicted octanol–water partition coefficient (Wildman–Crippen LogP) is 5.42. The number of unbranched alkanes of at least 4 members (excludes halogenated alkanes) is 8. The second-order valence-corrected chi connectivity index (χ2v) is 5.29. The average molecular weight is 268 g/mol. The number of esters is 1. The Hall–Kier alpha value is -0.790. The van der Waals surface area contributed by atoms with Crippen molar-refractivity contribution in [2.24, 2.45) is 0 Å². The van der Waals surface area contributed by atoms with Crippen molar-refractivity contribution in [3.8, 4) is 0 Å². The van der Waals surface area contributed by atoms with E-state index in [9.17, 15) is 4.79 Å². The van der Waals surface area contributed by atoms with E-state index >= 15 is 0 Å². The van der Waals surface area contributed by atoms with E-state index in [-0.39, 0.29) is 5.97 Å². The van der Waals surface area contributed by atoms with Gasteiger partial charge < -0.3 is 4.74 Å². The van der Waals surface area contributed by atoms with E-state index in [1.807, 2.05) is 13.0 Å². The third kappa shape index (κ3) is 12.0. The van der Waals surface area contributed by atoms with Gasteiger partial charge in [0.1, 0.15) is 0 Å². The molecule has 0 bridgehead atoms. The van der Waals surface area contributed by atoms with Gasteiger partial charge >= 0.3 is 5.97 Å². The molecule has 2 nitrogen and oxygen atoms in total. The summed E-state index contributed by atoms with van der Waals surface area (Å²) in [6.45, 7) is 6.76. The summed E-state index contributed by atoms with van der Waals surface area (Å²) < 4.78 is 5.24. The molecule has 0 spiro atoms. The number of hydrogen-bond acceptors (Lipinski definition) is 2. The molecule has 0 radical (unpaired) electrons. The van der Waals surface area contributed by atoms with Crippen LogP contribution >= 0.6 is 0 Å². The number of ether oxygens (including phenoxy) is 1. The molecule has 0 rings (SSSR count). The molecule has 0 amide bonds. The van der Waals surface area contributed by atoms with E-state index in [0.29, 0.717) is 6.61 Å². The Morgan fingerprint density at radius 3 is 2.05 bits per heavy atom. The Morgan fingerprint density at radius 1 is 0.895 bits per heavy atom. The smallest absolute Gasteiger partial charge is 0.333 e. The van der Waals surface area contributed by atoms with Crippen molar-refractivity contribution in [3.63, 3.8) is 0 Å². The molecule has 0 aliphatic carbocycles. The molecule has 0 saturated carbocycles. The average Bonchev–Trinajstić information content (AvgIpc) is 2.42. The number of rotatable bonds is 12. The van der Waals surface area contributed by atoms with Crippen LogP contribution < -0.4 is 0 Å². The van der Waals surface area contributed by atoms with Crippen LogP contribution in [-0.4, -0.2) is 12.6 Å². The minimum absolute atomic E-state index is 0.142. The van der Waals surface area contributed by atoms with Gasteiger partial charge in [0.25, 0.3) is 0 Å². The monoisotopic (exact) mass is 268 g/mol. The lowest BCUT2D eigenvalue weighted by Gasteiger charge is -2.05. The van der Waals surface area contributed by atoms with Crippen LogP contribution in [-0.2, 0) is 9.53 Å². The summed E-state index contributed by atoms with van der Waals surface area (Å²) in [6, 6.07) is 0. The zero-order chi connectivity index (χ0) is 14.3. The Bertz CT molecular complexity index is 244.